The van der Waals surface area contributed by atoms with Crippen LogP contribution >= 0.6 is 0 Å². The molecule has 2 rings (SSSR count). The molecule has 2 N–H and O–H groups in total. The van der Waals surface area contributed by atoms with Crippen molar-refractivity contribution in [1.82, 2.24) is 14.9 Å². The van der Waals surface area contributed by atoms with Crippen molar-refractivity contribution in [2.75, 3.05) is 44.2 Å². The summed E-state index contributed by atoms with van der Waals surface area (Å²) >= 11 is 0. The summed E-state index contributed by atoms with van der Waals surface area (Å²) in [5, 5.41) is 8.82. The topological polar surface area (TPSA) is 72.5 Å². The Morgan fingerprint density at radius 3 is 2.75 bits per heavy atom. The van der Waals surface area contributed by atoms with Crippen LogP contribution < -0.4 is 10.5 Å². The molecule has 88 valence electrons. The maximum absolute atomic E-state index is 11.1. The molecule has 0 atom stereocenters. The number of nitrogens with one attached hydrogen (secondary N) is 1. The molecule has 2 heterocycles. The molecule has 0 aliphatic carbocycles. The van der Waals surface area contributed by atoms with Crippen LogP contribution in [0.1, 0.15) is 0 Å². The SMILES string of the molecule is O=c1cc(N2CCN(CCO)CC2)nc[nH]1. The van der Waals surface area contributed by atoms with Gasteiger partial charge in [-0.2, -0.15) is 0 Å². The zero-order valence-electron chi connectivity index (χ0n) is 9.09. The summed E-state index contributed by atoms with van der Waals surface area (Å²) in [4.78, 5) is 22.1. The minimum Gasteiger partial charge on any atom is -0.395 e. The molecule has 0 aromatic carbocycles. The van der Waals surface area contributed by atoms with Crippen LogP contribution in [0.25, 0.3) is 0 Å². The Kier molecular flexibility index (Phi) is 3.53. The van der Waals surface area contributed by atoms with E-state index in [0.29, 0.717) is 0 Å². The van der Waals surface area contributed by atoms with Crippen molar-refractivity contribution in [3.8, 4) is 0 Å². The van der Waals surface area contributed by atoms with Gasteiger partial charge < -0.3 is 15.0 Å². The van der Waals surface area contributed by atoms with E-state index in [2.05, 4.69) is 19.8 Å². The highest BCUT2D eigenvalue weighted by Gasteiger charge is 2.17. The van der Waals surface area contributed by atoms with E-state index < -0.39 is 0 Å². The summed E-state index contributed by atoms with van der Waals surface area (Å²) < 4.78 is 0. The number of hydrogen-bond acceptors (Lipinski definition) is 5. The molecule has 0 amide bonds. The molecular formula is C10H16N4O2. The number of hydrogen-bond donors (Lipinski definition) is 2. The number of aliphatic hydroxyl groups excluding tert-OH is 1. The Morgan fingerprint density at radius 2 is 2.12 bits per heavy atom. The predicted octanol–water partition coefficient (Wildman–Crippen LogP) is -1.12. The number of aromatic amines is 1. The van der Waals surface area contributed by atoms with E-state index in [4.69, 9.17) is 5.11 Å². The highest BCUT2D eigenvalue weighted by Crippen LogP contribution is 2.09. The molecule has 1 aliphatic heterocycles. The normalized spacial score (nSPS) is 17.7. The quantitative estimate of drug-likeness (QED) is 0.681. The van der Waals surface area contributed by atoms with Crippen molar-refractivity contribution < 1.29 is 5.11 Å². The van der Waals surface area contributed by atoms with Crippen molar-refractivity contribution in [1.29, 1.82) is 0 Å². The van der Waals surface area contributed by atoms with E-state index in [0.717, 1.165) is 38.5 Å². The van der Waals surface area contributed by atoms with E-state index in [1.807, 2.05) is 0 Å². The van der Waals surface area contributed by atoms with E-state index in [1.165, 1.54) is 12.4 Å². The minimum absolute atomic E-state index is 0.122. The van der Waals surface area contributed by atoms with Crippen molar-refractivity contribution in [2.45, 2.75) is 0 Å². The van der Waals surface area contributed by atoms with Gasteiger partial charge in [0.25, 0.3) is 5.56 Å². The minimum atomic E-state index is -0.122. The van der Waals surface area contributed by atoms with Gasteiger partial charge in [-0.15, -0.1) is 0 Å². The maximum Gasteiger partial charge on any atom is 0.252 e. The average Bonchev–Trinajstić information content (AvgIpc) is 2.30. The fourth-order valence-corrected chi connectivity index (χ4v) is 1.87. The first-order chi connectivity index (χ1) is 7.79. The number of aromatic nitrogens is 2. The number of nitrogens with zero attached hydrogens (tertiary/aromatic N) is 3. The Bertz CT molecular complexity index is 384. The van der Waals surface area contributed by atoms with Gasteiger partial charge in [0, 0.05) is 38.8 Å². The number of piperazine rings is 1. The van der Waals surface area contributed by atoms with Gasteiger partial charge in [-0.25, -0.2) is 4.98 Å². The third kappa shape index (κ3) is 2.59. The van der Waals surface area contributed by atoms with Crippen LogP contribution in [-0.2, 0) is 0 Å². The summed E-state index contributed by atoms with van der Waals surface area (Å²) in [6.07, 6.45) is 1.43. The molecule has 1 saturated heterocycles. The van der Waals surface area contributed by atoms with Gasteiger partial charge in [0.1, 0.15) is 5.82 Å². The van der Waals surface area contributed by atoms with Gasteiger partial charge in [0.2, 0.25) is 0 Å². The molecule has 0 saturated carbocycles. The fraction of sp³-hybridized carbons (Fsp3) is 0.600. The Morgan fingerprint density at radius 1 is 1.38 bits per heavy atom. The number of rotatable bonds is 3. The first-order valence-electron chi connectivity index (χ1n) is 5.42. The third-order valence-electron chi connectivity index (χ3n) is 2.78. The van der Waals surface area contributed by atoms with Gasteiger partial charge in [-0.1, -0.05) is 0 Å². The van der Waals surface area contributed by atoms with Crippen molar-refractivity contribution in [3.05, 3.63) is 22.7 Å². The standard InChI is InChI=1S/C10H16N4O2/c15-6-5-13-1-3-14(4-2-13)9-7-10(16)12-8-11-9/h7-8,15H,1-6H2,(H,11,12,16). The van der Waals surface area contributed by atoms with Crippen LogP contribution in [-0.4, -0.2) is 59.3 Å². The first-order valence-corrected chi connectivity index (χ1v) is 5.42. The van der Waals surface area contributed by atoms with E-state index >= 15 is 0 Å². The molecule has 1 aliphatic rings. The molecular weight excluding hydrogens is 208 g/mol. The van der Waals surface area contributed by atoms with Crippen LogP contribution in [0.4, 0.5) is 5.82 Å². The van der Waals surface area contributed by atoms with Gasteiger partial charge in [0.05, 0.1) is 12.9 Å². The lowest BCUT2D eigenvalue weighted by atomic mass is 10.3. The van der Waals surface area contributed by atoms with Crippen LogP contribution in [0.3, 0.4) is 0 Å². The summed E-state index contributed by atoms with van der Waals surface area (Å²) in [6.45, 7) is 4.40. The zero-order chi connectivity index (χ0) is 11.4. The monoisotopic (exact) mass is 224 g/mol. The molecule has 6 heteroatoms. The smallest absolute Gasteiger partial charge is 0.252 e. The summed E-state index contributed by atoms with van der Waals surface area (Å²) in [6, 6.07) is 1.52. The van der Waals surface area contributed by atoms with Crippen LogP contribution in [0, 0.1) is 0 Å². The largest absolute Gasteiger partial charge is 0.395 e. The number of H-pyrrole nitrogens is 1. The molecule has 16 heavy (non-hydrogen) atoms. The van der Waals surface area contributed by atoms with Crippen molar-refractivity contribution in [2.24, 2.45) is 0 Å². The van der Waals surface area contributed by atoms with Crippen molar-refractivity contribution >= 4 is 5.82 Å². The Labute approximate surface area is 93.5 Å². The van der Waals surface area contributed by atoms with Crippen LogP contribution in [0.5, 0.6) is 0 Å². The highest BCUT2D eigenvalue weighted by molar-refractivity contribution is 5.36. The fourth-order valence-electron chi connectivity index (χ4n) is 1.87. The van der Waals surface area contributed by atoms with Crippen LogP contribution in [0.15, 0.2) is 17.2 Å². The van der Waals surface area contributed by atoms with E-state index in [9.17, 15) is 4.79 Å². The van der Waals surface area contributed by atoms with Gasteiger partial charge in [0.15, 0.2) is 0 Å². The molecule has 1 fully saturated rings. The number of anilines is 1. The molecule has 0 bridgehead atoms. The second-order valence-electron chi connectivity index (χ2n) is 3.82. The second kappa shape index (κ2) is 5.09. The summed E-state index contributed by atoms with van der Waals surface area (Å²) in [7, 11) is 0. The van der Waals surface area contributed by atoms with Crippen molar-refractivity contribution in [3.63, 3.8) is 0 Å². The molecule has 1 aromatic heterocycles. The lowest BCUT2D eigenvalue weighted by molar-refractivity contribution is 0.188. The maximum atomic E-state index is 11.1. The predicted molar refractivity (Wildman–Crippen MR) is 60.6 cm³/mol. The van der Waals surface area contributed by atoms with Gasteiger partial charge in [-0.05, 0) is 0 Å². The molecule has 0 radical (unpaired) electrons. The second-order valence-corrected chi connectivity index (χ2v) is 3.82. The number of aliphatic hydroxyl groups is 1. The third-order valence-corrected chi connectivity index (χ3v) is 2.78. The highest BCUT2D eigenvalue weighted by atomic mass is 16.3. The lowest BCUT2D eigenvalue weighted by Gasteiger charge is -2.34. The van der Waals surface area contributed by atoms with Crippen LogP contribution in [0.2, 0.25) is 0 Å². The molecule has 0 unspecified atom stereocenters. The lowest BCUT2D eigenvalue weighted by Crippen LogP contribution is -2.47. The molecule has 1 aromatic rings. The Balaban J connectivity index is 1.96. The Hall–Kier alpha value is -1.40. The summed E-state index contributed by atoms with van der Waals surface area (Å²) in [5.41, 5.74) is -0.122. The molecule has 6 nitrogen and oxygen atoms in total. The number of β-amino-alcohol motifs (C(OH)–C–C–N with tert-alkyl or cyclic N) is 1. The first kappa shape index (κ1) is 11.1. The van der Waals surface area contributed by atoms with E-state index in [1.54, 1.807) is 0 Å². The zero-order valence-corrected chi connectivity index (χ0v) is 9.09. The molecule has 0 spiro atoms. The van der Waals surface area contributed by atoms with Gasteiger partial charge >= 0.3 is 0 Å². The average molecular weight is 224 g/mol. The van der Waals surface area contributed by atoms with E-state index in [-0.39, 0.29) is 12.2 Å². The summed E-state index contributed by atoms with van der Waals surface area (Å²) in [5.74, 6) is 0.729. The van der Waals surface area contributed by atoms with Gasteiger partial charge in [-0.3, -0.25) is 9.69 Å².